The lowest BCUT2D eigenvalue weighted by Crippen LogP contribution is -2.55. The Kier molecular flexibility index (Phi) is 12.5. The van der Waals surface area contributed by atoms with Crippen molar-refractivity contribution < 1.29 is 43.0 Å². The fraction of sp³-hybridized carbons (Fsp3) is 0.567. The molecule has 3 atom stereocenters. The number of rotatable bonds is 14. The summed E-state index contributed by atoms with van der Waals surface area (Å²) in [6.07, 6.45) is 0.230. The van der Waals surface area contributed by atoms with Gasteiger partial charge in [0.05, 0.1) is 32.0 Å². The lowest BCUT2D eigenvalue weighted by Gasteiger charge is -2.35. The van der Waals surface area contributed by atoms with Gasteiger partial charge in [0.1, 0.15) is 17.6 Å². The second-order valence-corrected chi connectivity index (χ2v) is 13.3. The Morgan fingerprint density at radius 3 is 2.46 bits per heavy atom. The first kappa shape index (κ1) is 35.2. The number of anilines is 1. The average molecular weight is 663 g/mol. The van der Waals surface area contributed by atoms with Crippen molar-refractivity contribution in [2.45, 2.75) is 51.7 Å². The van der Waals surface area contributed by atoms with E-state index in [9.17, 15) is 23.8 Å². The molecule has 0 bridgehead atoms. The number of methoxy groups -OCH3 is 1. The number of carboxylic acid groups (broad SMARTS) is 1. The number of aromatic nitrogens is 2. The first-order valence-electron chi connectivity index (χ1n) is 15.4. The smallest absolute Gasteiger partial charge is 0.448 e. The molecule has 2 saturated heterocycles. The number of hydrogen-bond donors (Lipinski definition) is 3. The number of ether oxygens (including phenoxy) is 1. The average Bonchev–Trinajstić information content (AvgIpc) is 3.53. The van der Waals surface area contributed by atoms with Crippen LogP contribution in [0.3, 0.4) is 0 Å². The Morgan fingerprint density at radius 1 is 1.11 bits per heavy atom. The number of aryl methyl sites for hydroxylation is 1. The Morgan fingerprint density at radius 2 is 1.83 bits per heavy atom. The number of hydrogen-bond acceptors (Lipinski definition) is 11. The van der Waals surface area contributed by atoms with Crippen LogP contribution in [0.4, 0.5) is 10.6 Å². The summed E-state index contributed by atoms with van der Waals surface area (Å²) in [5.41, 5.74) is 1.80. The predicted molar refractivity (Wildman–Crippen MR) is 169 cm³/mol. The summed E-state index contributed by atoms with van der Waals surface area (Å²) in [7, 11) is -2.39. The first-order chi connectivity index (χ1) is 22.0. The van der Waals surface area contributed by atoms with Crippen molar-refractivity contribution in [1.82, 2.24) is 25.2 Å². The molecular weight excluding hydrogens is 619 g/mol. The standard InChI is InChI=1S/C30H43N6O9P/c1-4-5-17-44-46(41,42)18-11-24(29(38)34-13-15-36(16-14-34)45-30(39)40)32-28(37)25-19-26(35-12-10-23(20-35)43-3)33-27(31-25)22-8-6-21(2)7-9-22/h6-9,19,23-24H,4-5,10-18,20H2,1-3H3,(H,32,37)(H,39,40)(H,41,42)/t23-,24-/m0/s1. The lowest BCUT2D eigenvalue weighted by atomic mass is 10.1. The third-order valence-corrected chi connectivity index (χ3v) is 9.32. The summed E-state index contributed by atoms with van der Waals surface area (Å²) < 4.78 is 23.5. The number of amides is 2. The molecule has 0 radical (unpaired) electrons. The number of nitrogens with zero attached hydrogens (tertiary/aromatic N) is 5. The van der Waals surface area contributed by atoms with E-state index in [4.69, 9.17) is 24.2 Å². The van der Waals surface area contributed by atoms with E-state index < -0.39 is 31.6 Å². The van der Waals surface area contributed by atoms with Crippen LogP contribution >= 0.6 is 7.60 Å². The topological polar surface area (TPSA) is 184 Å². The van der Waals surface area contributed by atoms with E-state index in [2.05, 4.69) is 10.3 Å². The number of hydroxylamine groups is 2. The Bertz CT molecular complexity index is 1400. The molecule has 1 aromatic heterocycles. The fourth-order valence-electron chi connectivity index (χ4n) is 5.20. The summed E-state index contributed by atoms with van der Waals surface area (Å²) >= 11 is 0. The van der Waals surface area contributed by atoms with E-state index in [1.54, 1.807) is 13.2 Å². The highest BCUT2D eigenvalue weighted by atomic mass is 31.2. The van der Waals surface area contributed by atoms with Gasteiger partial charge in [-0.25, -0.2) is 14.8 Å². The second-order valence-electron chi connectivity index (χ2n) is 11.4. The molecular formula is C30H43N6O9P. The van der Waals surface area contributed by atoms with Gasteiger partial charge >= 0.3 is 13.8 Å². The largest absolute Gasteiger partial charge is 0.525 e. The maximum atomic E-state index is 13.8. The monoisotopic (exact) mass is 662 g/mol. The zero-order chi connectivity index (χ0) is 33.3. The summed E-state index contributed by atoms with van der Waals surface area (Å²) in [5.74, 6) is -0.250. The van der Waals surface area contributed by atoms with Crippen LogP contribution in [-0.4, -0.2) is 119 Å². The molecule has 1 aromatic carbocycles. The first-order valence-corrected chi connectivity index (χ1v) is 17.2. The van der Waals surface area contributed by atoms with Crippen LogP contribution in [0, 0.1) is 6.92 Å². The van der Waals surface area contributed by atoms with E-state index in [0.717, 1.165) is 18.4 Å². The van der Waals surface area contributed by atoms with Crippen molar-refractivity contribution in [1.29, 1.82) is 0 Å². The molecule has 252 valence electrons. The Labute approximate surface area is 268 Å². The van der Waals surface area contributed by atoms with Crippen molar-refractivity contribution in [2.24, 2.45) is 0 Å². The quantitative estimate of drug-likeness (QED) is 0.198. The van der Waals surface area contributed by atoms with E-state index in [-0.39, 0.29) is 57.2 Å². The number of carbonyl (C=O) groups is 3. The number of nitrogens with one attached hydrogen (secondary N) is 1. The van der Waals surface area contributed by atoms with Gasteiger partial charge in [-0.1, -0.05) is 43.2 Å². The third kappa shape index (κ3) is 9.94. The van der Waals surface area contributed by atoms with E-state index in [1.165, 1.54) is 9.96 Å². The van der Waals surface area contributed by atoms with Crippen LogP contribution in [0.5, 0.6) is 0 Å². The van der Waals surface area contributed by atoms with Crippen LogP contribution in [0.25, 0.3) is 11.4 Å². The van der Waals surface area contributed by atoms with E-state index >= 15 is 0 Å². The summed E-state index contributed by atoms with van der Waals surface area (Å²) in [6, 6.07) is 7.98. The van der Waals surface area contributed by atoms with Gasteiger partial charge in [-0.3, -0.25) is 14.2 Å². The molecule has 16 heteroatoms. The molecule has 2 aromatic rings. The normalized spacial score (nSPS) is 19.0. The molecule has 0 saturated carbocycles. The number of benzene rings is 1. The maximum absolute atomic E-state index is 13.8. The minimum Gasteiger partial charge on any atom is -0.448 e. The minimum atomic E-state index is -4.04. The minimum absolute atomic E-state index is 0.0205. The van der Waals surface area contributed by atoms with Gasteiger partial charge in [0.25, 0.3) is 5.91 Å². The molecule has 4 rings (SSSR count). The number of unbranched alkanes of at least 4 members (excludes halogenated alkanes) is 1. The predicted octanol–water partition coefficient (Wildman–Crippen LogP) is 2.92. The zero-order valence-electron chi connectivity index (χ0n) is 26.5. The molecule has 2 aliphatic heterocycles. The van der Waals surface area contributed by atoms with E-state index in [0.29, 0.717) is 36.7 Å². The van der Waals surface area contributed by atoms with Gasteiger partial charge < -0.3 is 39.2 Å². The molecule has 0 spiro atoms. The van der Waals surface area contributed by atoms with Crippen molar-refractivity contribution >= 4 is 31.4 Å². The Hall–Kier alpha value is -3.62. The molecule has 2 amide bonds. The number of piperazine rings is 1. The van der Waals surface area contributed by atoms with Gasteiger partial charge in [-0.15, -0.1) is 5.06 Å². The molecule has 2 fully saturated rings. The van der Waals surface area contributed by atoms with Gasteiger partial charge in [0, 0.05) is 44.9 Å². The fourth-order valence-corrected chi connectivity index (χ4v) is 6.33. The van der Waals surface area contributed by atoms with E-state index in [1.807, 2.05) is 43.0 Å². The number of carbonyl (C=O) groups excluding carboxylic acids is 2. The van der Waals surface area contributed by atoms with Gasteiger partial charge in [0.2, 0.25) is 5.91 Å². The molecule has 3 N–H and O–H groups in total. The van der Waals surface area contributed by atoms with Crippen LogP contribution in [0.15, 0.2) is 30.3 Å². The molecule has 1 unspecified atom stereocenters. The molecule has 2 aliphatic rings. The van der Waals surface area contributed by atoms with Crippen molar-refractivity contribution in [3.8, 4) is 11.4 Å². The molecule has 0 aliphatic carbocycles. The van der Waals surface area contributed by atoms with Gasteiger partial charge in [-0.2, -0.15) is 0 Å². The highest BCUT2D eigenvalue weighted by Gasteiger charge is 2.33. The van der Waals surface area contributed by atoms with Crippen LogP contribution in [-0.2, 0) is 23.5 Å². The highest BCUT2D eigenvalue weighted by molar-refractivity contribution is 7.52. The third-order valence-electron chi connectivity index (χ3n) is 7.91. The summed E-state index contributed by atoms with van der Waals surface area (Å²) in [4.78, 5) is 66.3. The maximum Gasteiger partial charge on any atom is 0.525 e. The van der Waals surface area contributed by atoms with Crippen LogP contribution in [0.1, 0.15) is 48.7 Å². The van der Waals surface area contributed by atoms with Crippen molar-refractivity contribution in [3.05, 3.63) is 41.6 Å². The molecule has 46 heavy (non-hydrogen) atoms. The van der Waals surface area contributed by atoms with Gasteiger partial charge in [0.15, 0.2) is 5.82 Å². The SMILES string of the molecule is CCCCOP(=O)(O)CC[C@H](NC(=O)c1cc(N2CC[C@H](OC)C2)nc(-c2ccc(C)cc2)n1)C(=O)N1CCN(OC(=O)O)CC1. The van der Waals surface area contributed by atoms with Crippen LogP contribution in [0.2, 0.25) is 0 Å². The summed E-state index contributed by atoms with van der Waals surface area (Å²) in [5, 5.41) is 12.9. The zero-order valence-corrected chi connectivity index (χ0v) is 27.4. The van der Waals surface area contributed by atoms with Crippen LogP contribution < -0.4 is 10.2 Å². The van der Waals surface area contributed by atoms with Crippen molar-refractivity contribution in [2.75, 3.05) is 64.0 Å². The highest BCUT2D eigenvalue weighted by Crippen LogP contribution is 2.43. The molecule has 3 heterocycles. The Balaban J connectivity index is 1.58. The summed E-state index contributed by atoms with van der Waals surface area (Å²) in [6.45, 7) is 5.78. The lowest BCUT2D eigenvalue weighted by molar-refractivity contribution is -0.154. The van der Waals surface area contributed by atoms with Crippen molar-refractivity contribution in [3.63, 3.8) is 0 Å². The van der Waals surface area contributed by atoms with Gasteiger partial charge in [-0.05, 0) is 26.2 Å². The second kappa shape index (κ2) is 16.3. The molecule has 15 nitrogen and oxygen atoms in total.